The van der Waals surface area contributed by atoms with Gasteiger partial charge in [-0.2, -0.15) is 0 Å². The van der Waals surface area contributed by atoms with Crippen molar-refractivity contribution >= 4 is 5.96 Å². The monoisotopic (exact) mass is 235 g/mol. The second kappa shape index (κ2) is 6.27. The molecule has 1 aliphatic carbocycles. The zero-order valence-electron chi connectivity index (χ0n) is 10.2. The Bertz CT molecular complexity index is 338. The molecule has 5 heteroatoms. The molecule has 1 aromatic rings. The van der Waals surface area contributed by atoms with Crippen LogP contribution in [0, 0.1) is 0 Å². The van der Waals surface area contributed by atoms with Crippen LogP contribution in [0.2, 0.25) is 0 Å². The van der Waals surface area contributed by atoms with Gasteiger partial charge in [-0.15, -0.1) is 0 Å². The second-order valence-corrected chi connectivity index (χ2v) is 4.55. The average Bonchev–Trinajstić information content (AvgIpc) is 2.96. The summed E-state index contributed by atoms with van der Waals surface area (Å²) in [6.45, 7) is 1.71. The summed E-state index contributed by atoms with van der Waals surface area (Å²) in [5, 5.41) is 3.28. The first-order valence-corrected chi connectivity index (χ1v) is 6.37. The topological polar surface area (TPSA) is 68.2 Å². The van der Waals surface area contributed by atoms with Gasteiger partial charge in [0.15, 0.2) is 5.96 Å². The third-order valence-corrected chi connectivity index (χ3v) is 3.12. The number of rotatable bonds is 5. The lowest BCUT2D eigenvalue weighted by Gasteiger charge is -2.12. The highest BCUT2D eigenvalue weighted by molar-refractivity contribution is 5.78. The zero-order chi connectivity index (χ0) is 11.9. The molecule has 0 spiro atoms. The zero-order valence-corrected chi connectivity index (χ0v) is 10.2. The highest BCUT2D eigenvalue weighted by Gasteiger charge is 2.14. The fourth-order valence-electron chi connectivity index (χ4n) is 2.20. The standard InChI is InChI=1S/C12H21N5/c13-12(16-11-4-1-2-5-11)15-6-3-8-17-9-7-14-10-17/h7,9-11H,1-6,8H2,(H3,13,15,16). The molecule has 17 heavy (non-hydrogen) atoms. The van der Waals surface area contributed by atoms with E-state index < -0.39 is 0 Å². The Kier molecular flexibility index (Phi) is 4.41. The van der Waals surface area contributed by atoms with Crippen LogP contribution in [0.15, 0.2) is 23.7 Å². The molecule has 1 aliphatic rings. The molecule has 0 bridgehead atoms. The van der Waals surface area contributed by atoms with Gasteiger partial charge in [-0.05, 0) is 19.3 Å². The van der Waals surface area contributed by atoms with Crippen molar-refractivity contribution in [2.45, 2.75) is 44.7 Å². The van der Waals surface area contributed by atoms with Crippen molar-refractivity contribution in [2.75, 3.05) is 6.54 Å². The maximum atomic E-state index is 5.83. The van der Waals surface area contributed by atoms with Crippen molar-refractivity contribution in [3.05, 3.63) is 18.7 Å². The number of nitrogens with two attached hydrogens (primary N) is 1. The first-order chi connectivity index (χ1) is 8.34. The minimum Gasteiger partial charge on any atom is -0.370 e. The van der Waals surface area contributed by atoms with E-state index in [1.807, 2.05) is 12.5 Å². The summed E-state index contributed by atoms with van der Waals surface area (Å²) in [5.41, 5.74) is 5.83. The van der Waals surface area contributed by atoms with Gasteiger partial charge in [0.1, 0.15) is 0 Å². The van der Waals surface area contributed by atoms with E-state index >= 15 is 0 Å². The molecule has 0 saturated heterocycles. The van der Waals surface area contributed by atoms with Crippen molar-refractivity contribution in [2.24, 2.45) is 10.7 Å². The number of hydrogen-bond donors (Lipinski definition) is 2. The second-order valence-electron chi connectivity index (χ2n) is 4.55. The Labute approximate surface area is 102 Å². The van der Waals surface area contributed by atoms with Gasteiger partial charge in [0.2, 0.25) is 0 Å². The number of hydrogen-bond acceptors (Lipinski definition) is 2. The van der Waals surface area contributed by atoms with Gasteiger partial charge >= 0.3 is 0 Å². The summed E-state index contributed by atoms with van der Waals surface area (Å²) in [5.74, 6) is 0.600. The lowest BCUT2D eigenvalue weighted by molar-refractivity contribution is 0.618. The summed E-state index contributed by atoms with van der Waals surface area (Å²) in [7, 11) is 0. The minimum absolute atomic E-state index is 0.549. The van der Waals surface area contributed by atoms with Crippen molar-refractivity contribution in [1.82, 2.24) is 14.9 Å². The van der Waals surface area contributed by atoms with E-state index in [0.717, 1.165) is 19.5 Å². The van der Waals surface area contributed by atoms with Gasteiger partial charge in [-0.1, -0.05) is 12.8 Å². The molecule has 1 saturated carbocycles. The van der Waals surface area contributed by atoms with Crippen LogP contribution in [0.25, 0.3) is 0 Å². The predicted octanol–water partition coefficient (Wildman–Crippen LogP) is 1.12. The fraction of sp³-hybridized carbons (Fsp3) is 0.667. The predicted molar refractivity (Wildman–Crippen MR) is 68.7 cm³/mol. The molecule has 1 heterocycles. The Morgan fingerprint density at radius 3 is 3.00 bits per heavy atom. The van der Waals surface area contributed by atoms with Gasteiger partial charge in [0.05, 0.1) is 6.33 Å². The minimum atomic E-state index is 0.549. The van der Waals surface area contributed by atoms with Crippen LogP contribution in [0.3, 0.4) is 0 Å². The molecule has 1 fully saturated rings. The van der Waals surface area contributed by atoms with E-state index in [1.54, 1.807) is 6.20 Å². The van der Waals surface area contributed by atoms with Crippen LogP contribution < -0.4 is 11.1 Å². The smallest absolute Gasteiger partial charge is 0.188 e. The van der Waals surface area contributed by atoms with E-state index in [-0.39, 0.29) is 0 Å². The van der Waals surface area contributed by atoms with Crippen LogP contribution in [0.4, 0.5) is 0 Å². The van der Waals surface area contributed by atoms with E-state index in [9.17, 15) is 0 Å². The van der Waals surface area contributed by atoms with Gasteiger partial charge in [0.25, 0.3) is 0 Å². The fourth-order valence-corrected chi connectivity index (χ4v) is 2.20. The molecule has 0 unspecified atom stereocenters. The van der Waals surface area contributed by atoms with E-state index in [2.05, 4.69) is 19.9 Å². The molecule has 5 nitrogen and oxygen atoms in total. The molecule has 0 aromatic carbocycles. The molecule has 0 amide bonds. The summed E-state index contributed by atoms with van der Waals surface area (Å²) < 4.78 is 2.05. The quantitative estimate of drug-likeness (QED) is 0.456. The molecular formula is C12H21N5. The Hall–Kier alpha value is -1.52. The third-order valence-electron chi connectivity index (χ3n) is 3.12. The Morgan fingerprint density at radius 1 is 1.47 bits per heavy atom. The van der Waals surface area contributed by atoms with Crippen LogP contribution in [-0.2, 0) is 6.54 Å². The van der Waals surface area contributed by atoms with Crippen molar-refractivity contribution in [1.29, 1.82) is 0 Å². The maximum absolute atomic E-state index is 5.83. The SMILES string of the molecule is NC(=NCCCn1ccnc1)NC1CCCC1. The summed E-state index contributed by atoms with van der Waals surface area (Å²) in [4.78, 5) is 8.33. The first-order valence-electron chi connectivity index (χ1n) is 6.37. The number of aromatic nitrogens is 2. The molecule has 0 aliphatic heterocycles. The van der Waals surface area contributed by atoms with E-state index in [0.29, 0.717) is 12.0 Å². The number of nitrogens with zero attached hydrogens (tertiary/aromatic N) is 3. The van der Waals surface area contributed by atoms with Gasteiger partial charge in [0, 0.05) is 31.5 Å². The van der Waals surface area contributed by atoms with Gasteiger partial charge < -0.3 is 15.6 Å². The lowest BCUT2D eigenvalue weighted by atomic mass is 10.2. The molecular weight excluding hydrogens is 214 g/mol. The summed E-state index contributed by atoms with van der Waals surface area (Å²) in [6.07, 6.45) is 11.6. The van der Waals surface area contributed by atoms with Crippen molar-refractivity contribution in [3.63, 3.8) is 0 Å². The van der Waals surface area contributed by atoms with E-state index in [4.69, 9.17) is 5.73 Å². The highest BCUT2D eigenvalue weighted by atomic mass is 15.1. The van der Waals surface area contributed by atoms with Gasteiger partial charge in [-0.25, -0.2) is 4.98 Å². The van der Waals surface area contributed by atoms with Gasteiger partial charge in [-0.3, -0.25) is 4.99 Å². The molecule has 94 valence electrons. The molecule has 3 N–H and O–H groups in total. The lowest BCUT2D eigenvalue weighted by Crippen LogP contribution is -2.38. The molecule has 2 rings (SSSR count). The van der Waals surface area contributed by atoms with E-state index in [1.165, 1.54) is 25.7 Å². The largest absolute Gasteiger partial charge is 0.370 e. The maximum Gasteiger partial charge on any atom is 0.188 e. The van der Waals surface area contributed by atoms with Crippen molar-refractivity contribution < 1.29 is 0 Å². The summed E-state index contributed by atoms with van der Waals surface area (Å²) in [6, 6.07) is 0.549. The third kappa shape index (κ3) is 4.09. The number of aliphatic imine (C=N–C) groups is 1. The highest BCUT2D eigenvalue weighted by Crippen LogP contribution is 2.17. The average molecular weight is 235 g/mol. The number of aryl methyl sites for hydroxylation is 1. The molecule has 0 radical (unpaired) electrons. The first kappa shape index (κ1) is 12.0. The van der Waals surface area contributed by atoms with Crippen molar-refractivity contribution in [3.8, 4) is 0 Å². The summed E-state index contributed by atoms with van der Waals surface area (Å²) >= 11 is 0. The number of imidazole rings is 1. The van der Waals surface area contributed by atoms with Crippen LogP contribution in [0.1, 0.15) is 32.1 Å². The molecule has 1 aromatic heterocycles. The molecule has 0 atom stereocenters. The van der Waals surface area contributed by atoms with Crippen LogP contribution >= 0.6 is 0 Å². The number of nitrogens with one attached hydrogen (secondary N) is 1. The Balaban J connectivity index is 1.62. The van der Waals surface area contributed by atoms with Crippen LogP contribution in [-0.4, -0.2) is 28.1 Å². The van der Waals surface area contributed by atoms with Crippen LogP contribution in [0.5, 0.6) is 0 Å². The normalized spacial score (nSPS) is 17.5. The Morgan fingerprint density at radius 2 is 2.29 bits per heavy atom. The number of guanidine groups is 1.